The molecule has 1 heterocycles. The van der Waals surface area contributed by atoms with Gasteiger partial charge in [-0.2, -0.15) is 0 Å². The molecule has 0 aromatic rings. The standard InChI is InChI=1S/C4H8ClN3/c1-4-2-3-7(6)8(4)5/h2H,3,6H2,1H3. The molecule has 0 saturated heterocycles. The fraction of sp³-hybridized carbons (Fsp3) is 0.500. The molecule has 3 nitrogen and oxygen atoms in total. The summed E-state index contributed by atoms with van der Waals surface area (Å²) in [5.41, 5.74) is 0.981. The van der Waals surface area contributed by atoms with Crippen LogP contribution in [-0.4, -0.2) is 16.2 Å². The minimum absolute atomic E-state index is 0.704. The van der Waals surface area contributed by atoms with Crippen LogP contribution in [0.1, 0.15) is 6.92 Å². The lowest BCUT2D eigenvalue weighted by Gasteiger charge is -2.17. The van der Waals surface area contributed by atoms with Gasteiger partial charge in [0.2, 0.25) is 0 Å². The maximum absolute atomic E-state index is 5.58. The minimum Gasteiger partial charge on any atom is -0.249 e. The molecular formula is C4H8ClN3. The molecule has 0 unspecified atom stereocenters. The number of halogens is 1. The first-order chi connectivity index (χ1) is 3.72. The number of hydrogen-bond acceptors (Lipinski definition) is 3. The second kappa shape index (κ2) is 1.93. The Morgan fingerprint density at radius 1 is 1.88 bits per heavy atom. The normalized spacial score (nSPS) is 21.9. The van der Waals surface area contributed by atoms with Crippen molar-refractivity contribution in [3.8, 4) is 0 Å². The second-order valence-electron chi connectivity index (χ2n) is 1.73. The fourth-order valence-electron chi connectivity index (χ4n) is 0.575. The lowest BCUT2D eigenvalue weighted by molar-refractivity contribution is 0.136. The molecule has 1 aliphatic rings. The summed E-state index contributed by atoms with van der Waals surface area (Å²) in [7, 11) is 0. The molecule has 0 fully saturated rings. The van der Waals surface area contributed by atoms with Crippen LogP contribution in [0.4, 0.5) is 0 Å². The molecule has 46 valence electrons. The zero-order valence-corrected chi connectivity index (χ0v) is 5.39. The van der Waals surface area contributed by atoms with Crippen LogP contribution >= 0.6 is 11.8 Å². The van der Waals surface area contributed by atoms with Crippen molar-refractivity contribution in [3.05, 3.63) is 11.8 Å². The first-order valence-electron chi connectivity index (χ1n) is 2.36. The van der Waals surface area contributed by atoms with Gasteiger partial charge in [0.05, 0.1) is 6.54 Å². The van der Waals surface area contributed by atoms with Crippen molar-refractivity contribution in [1.82, 2.24) is 9.65 Å². The molecule has 0 atom stereocenters. The van der Waals surface area contributed by atoms with Crippen LogP contribution in [0.25, 0.3) is 0 Å². The highest BCUT2D eigenvalue weighted by Gasteiger charge is 2.13. The maximum atomic E-state index is 5.58. The van der Waals surface area contributed by atoms with Gasteiger partial charge in [-0.3, -0.25) is 0 Å². The average molecular weight is 134 g/mol. The molecule has 8 heavy (non-hydrogen) atoms. The van der Waals surface area contributed by atoms with E-state index < -0.39 is 0 Å². The largest absolute Gasteiger partial charge is 0.249 e. The summed E-state index contributed by atoms with van der Waals surface area (Å²) < 4.78 is 1.39. The summed E-state index contributed by atoms with van der Waals surface area (Å²) in [6.45, 7) is 2.61. The molecule has 0 bridgehead atoms. The Bertz CT molecular complexity index is 122. The van der Waals surface area contributed by atoms with E-state index in [1.165, 1.54) is 9.65 Å². The van der Waals surface area contributed by atoms with E-state index in [4.69, 9.17) is 17.6 Å². The Labute approximate surface area is 53.4 Å². The van der Waals surface area contributed by atoms with Crippen molar-refractivity contribution in [1.29, 1.82) is 0 Å². The first kappa shape index (κ1) is 5.88. The zero-order valence-electron chi connectivity index (χ0n) is 4.63. The first-order valence-corrected chi connectivity index (χ1v) is 2.70. The lowest BCUT2D eigenvalue weighted by atomic mass is 10.5. The van der Waals surface area contributed by atoms with Crippen molar-refractivity contribution < 1.29 is 0 Å². The van der Waals surface area contributed by atoms with Gasteiger partial charge in [0.25, 0.3) is 0 Å². The van der Waals surface area contributed by atoms with Crippen molar-refractivity contribution in [2.45, 2.75) is 6.92 Å². The molecule has 0 aromatic carbocycles. The van der Waals surface area contributed by atoms with E-state index in [0.717, 1.165) is 5.70 Å². The number of allylic oxidation sites excluding steroid dienone is 1. The Morgan fingerprint density at radius 3 is 2.62 bits per heavy atom. The van der Waals surface area contributed by atoms with Crippen LogP contribution in [-0.2, 0) is 0 Å². The Hall–Kier alpha value is -0.250. The highest BCUT2D eigenvalue weighted by atomic mass is 35.5. The molecule has 1 aliphatic heterocycles. The average Bonchev–Trinajstić information content (AvgIpc) is 1.98. The third-order valence-electron chi connectivity index (χ3n) is 1.09. The van der Waals surface area contributed by atoms with Crippen molar-refractivity contribution in [2.24, 2.45) is 5.84 Å². The smallest absolute Gasteiger partial charge is 0.0552 e. The van der Waals surface area contributed by atoms with Gasteiger partial charge < -0.3 is 0 Å². The molecular weight excluding hydrogens is 126 g/mol. The Morgan fingerprint density at radius 2 is 2.50 bits per heavy atom. The summed E-state index contributed by atoms with van der Waals surface area (Å²) in [6.07, 6.45) is 1.95. The number of nitrogens with zero attached hydrogens (tertiary/aromatic N) is 2. The van der Waals surface area contributed by atoms with Gasteiger partial charge in [-0.25, -0.2) is 10.4 Å². The zero-order chi connectivity index (χ0) is 6.15. The van der Waals surface area contributed by atoms with Gasteiger partial charge in [0.1, 0.15) is 0 Å². The van der Waals surface area contributed by atoms with E-state index in [1.54, 1.807) is 0 Å². The van der Waals surface area contributed by atoms with Gasteiger partial charge in [0, 0.05) is 17.5 Å². The topological polar surface area (TPSA) is 32.5 Å². The number of rotatable bonds is 0. The lowest BCUT2D eigenvalue weighted by Crippen LogP contribution is -2.36. The van der Waals surface area contributed by atoms with Crippen LogP contribution in [0.5, 0.6) is 0 Å². The van der Waals surface area contributed by atoms with Crippen molar-refractivity contribution in [3.63, 3.8) is 0 Å². The predicted molar refractivity (Wildman–Crippen MR) is 32.3 cm³/mol. The van der Waals surface area contributed by atoms with Gasteiger partial charge >= 0.3 is 0 Å². The molecule has 4 heteroatoms. The Kier molecular flexibility index (Phi) is 1.42. The molecule has 1 rings (SSSR count). The van der Waals surface area contributed by atoms with Crippen molar-refractivity contribution in [2.75, 3.05) is 6.54 Å². The van der Waals surface area contributed by atoms with Gasteiger partial charge in [0.15, 0.2) is 0 Å². The van der Waals surface area contributed by atoms with Crippen molar-refractivity contribution >= 4 is 11.8 Å². The molecule has 0 saturated carbocycles. The number of hydrazine groups is 2. The van der Waals surface area contributed by atoms with E-state index in [2.05, 4.69) is 0 Å². The van der Waals surface area contributed by atoms with Crippen LogP contribution in [0.2, 0.25) is 0 Å². The van der Waals surface area contributed by atoms with Gasteiger partial charge in [-0.1, -0.05) is 0 Å². The van der Waals surface area contributed by atoms with Crippen LogP contribution in [0.15, 0.2) is 11.8 Å². The SMILES string of the molecule is CC1=CCN(N)N1Cl. The highest BCUT2D eigenvalue weighted by molar-refractivity contribution is 6.14. The number of hydrogen-bond donors (Lipinski definition) is 1. The maximum Gasteiger partial charge on any atom is 0.0552 e. The quantitative estimate of drug-likeness (QED) is 0.385. The molecule has 0 amide bonds. The molecule has 0 radical (unpaired) electrons. The molecule has 0 aliphatic carbocycles. The minimum atomic E-state index is 0.704. The summed E-state index contributed by atoms with van der Waals surface area (Å²) in [5, 5.41) is 1.43. The Balaban J connectivity index is 2.59. The summed E-state index contributed by atoms with van der Waals surface area (Å²) in [5.74, 6) is 5.34. The third-order valence-corrected chi connectivity index (χ3v) is 1.55. The summed E-state index contributed by atoms with van der Waals surface area (Å²) in [6, 6.07) is 0. The predicted octanol–water partition coefficient (Wildman–Crippen LogP) is 0.450. The van der Waals surface area contributed by atoms with Gasteiger partial charge in [-0.05, 0) is 13.0 Å². The second-order valence-corrected chi connectivity index (χ2v) is 2.05. The third kappa shape index (κ3) is 0.798. The summed E-state index contributed by atoms with van der Waals surface area (Å²) >= 11 is 5.58. The monoisotopic (exact) mass is 133 g/mol. The van der Waals surface area contributed by atoms with E-state index in [9.17, 15) is 0 Å². The van der Waals surface area contributed by atoms with E-state index >= 15 is 0 Å². The van der Waals surface area contributed by atoms with E-state index in [1.807, 2.05) is 13.0 Å². The van der Waals surface area contributed by atoms with Crippen LogP contribution < -0.4 is 5.84 Å². The van der Waals surface area contributed by atoms with E-state index in [-0.39, 0.29) is 0 Å². The fourth-order valence-corrected chi connectivity index (χ4v) is 0.706. The number of nitrogens with two attached hydrogens (primary N) is 1. The molecule has 0 spiro atoms. The van der Waals surface area contributed by atoms with E-state index in [0.29, 0.717) is 6.54 Å². The molecule has 2 N–H and O–H groups in total. The van der Waals surface area contributed by atoms with Crippen LogP contribution in [0.3, 0.4) is 0 Å². The van der Waals surface area contributed by atoms with Gasteiger partial charge in [-0.15, -0.1) is 5.12 Å². The highest BCUT2D eigenvalue weighted by Crippen LogP contribution is 2.13. The van der Waals surface area contributed by atoms with Crippen LogP contribution in [0, 0.1) is 0 Å². The molecule has 0 aromatic heterocycles. The summed E-state index contributed by atoms with van der Waals surface area (Å²) in [4.78, 5) is 0.